The van der Waals surface area contributed by atoms with E-state index in [1.807, 2.05) is 13.8 Å². The number of amides is 1. The van der Waals surface area contributed by atoms with Gasteiger partial charge in [-0.15, -0.1) is 0 Å². The topological polar surface area (TPSA) is 102 Å². The van der Waals surface area contributed by atoms with Crippen LogP contribution in [0.15, 0.2) is 0 Å². The van der Waals surface area contributed by atoms with Gasteiger partial charge in [-0.1, -0.05) is 84.5 Å². The maximum Gasteiger partial charge on any atom is 0.411 e. The first kappa shape index (κ1) is 38.2. The van der Waals surface area contributed by atoms with Gasteiger partial charge in [0.05, 0.1) is 31.3 Å². The van der Waals surface area contributed by atoms with Crippen molar-refractivity contribution in [2.24, 2.45) is 11.3 Å². The highest BCUT2D eigenvalue weighted by molar-refractivity contribution is 5.82. The van der Waals surface area contributed by atoms with E-state index in [1.54, 1.807) is 20.8 Å². The third-order valence-corrected chi connectivity index (χ3v) is 8.09. The van der Waals surface area contributed by atoms with E-state index in [0.29, 0.717) is 13.0 Å². The lowest BCUT2D eigenvalue weighted by Gasteiger charge is -2.27. The fourth-order valence-electron chi connectivity index (χ4n) is 5.48. The summed E-state index contributed by atoms with van der Waals surface area (Å²) in [7, 11) is 0. The molecule has 1 aliphatic heterocycles. The third kappa shape index (κ3) is 16.1. The first-order valence-corrected chi connectivity index (χ1v) is 16.8. The van der Waals surface area contributed by atoms with Gasteiger partial charge in [0.15, 0.2) is 0 Å². The molecule has 0 aromatic carbocycles. The number of esters is 2. The van der Waals surface area contributed by atoms with Crippen molar-refractivity contribution in [3.05, 3.63) is 0 Å². The molecule has 2 atom stereocenters. The molecule has 1 aliphatic rings. The van der Waals surface area contributed by atoms with E-state index in [9.17, 15) is 19.5 Å². The lowest BCUT2D eigenvalue weighted by atomic mass is 9.87. The molecule has 0 unspecified atom stereocenters. The molecule has 0 spiro atoms. The molecule has 246 valence electrons. The lowest BCUT2D eigenvalue weighted by molar-refractivity contribution is -0.154. The highest BCUT2D eigenvalue weighted by Crippen LogP contribution is 2.27. The number of rotatable bonds is 21. The lowest BCUT2D eigenvalue weighted by Crippen LogP contribution is -2.44. The van der Waals surface area contributed by atoms with Crippen LogP contribution in [0.3, 0.4) is 0 Å². The average molecular weight is 598 g/mol. The van der Waals surface area contributed by atoms with Crippen LogP contribution in [0.1, 0.15) is 151 Å². The summed E-state index contributed by atoms with van der Waals surface area (Å²) in [6.45, 7) is 14.5. The molecule has 0 saturated carbocycles. The molecule has 0 radical (unpaired) electrons. The van der Waals surface area contributed by atoms with Gasteiger partial charge in [-0.25, -0.2) is 9.59 Å². The number of β-amino-alcohol motifs (C(OH)–C–C–N with tert-alkyl or cyclic N) is 1. The zero-order valence-corrected chi connectivity index (χ0v) is 28.0. The Hall–Kier alpha value is -1.83. The molecular formula is C34H63NO7. The average Bonchev–Trinajstić information content (AvgIpc) is 3.31. The maximum absolute atomic E-state index is 12.7. The summed E-state index contributed by atoms with van der Waals surface area (Å²) < 4.78 is 16.5. The van der Waals surface area contributed by atoms with Gasteiger partial charge < -0.3 is 19.3 Å². The van der Waals surface area contributed by atoms with Crippen LogP contribution in [0.5, 0.6) is 0 Å². The van der Waals surface area contributed by atoms with Gasteiger partial charge in [0, 0.05) is 6.42 Å². The van der Waals surface area contributed by atoms with Crippen molar-refractivity contribution in [2.45, 2.75) is 169 Å². The number of aliphatic hydroxyl groups excluding tert-OH is 1. The van der Waals surface area contributed by atoms with E-state index in [2.05, 4.69) is 13.8 Å². The maximum atomic E-state index is 12.7. The van der Waals surface area contributed by atoms with Crippen LogP contribution < -0.4 is 0 Å². The van der Waals surface area contributed by atoms with E-state index >= 15 is 0 Å². The molecule has 8 nitrogen and oxygen atoms in total. The minimum Gasteiger partial charge on any atom is -0.465 e. The largest absolute Gasteiger partial charge is 0.465 e. The number of carbonyl (C=O) groups excluding carboxylic acids is 3. The van der Waals surface area contributed by atoms with Crippen molar-refractivity contribution >= 4 is 18.0 Å². The van der Waals surface area contributed by atoms with Gasteiger partial charge in [0.1, 0.15) is 11.6 Å². The molecule has 1 amide bonds. The molecular weight excluding hydrogens is 534 g/mol. The molecule has 42 heavy (non-hydrogen) atoms. The molecule has 8 heteroatoms. The second-order valence-corrected chi connectivity index (χ2v) is 13.9. The molecule has 1 rings (SSSR count). The minimum absolute atomic E-state index is 0.0610. The molecule has 0 bridgehead atoms. The van der Waals surface area contributed by atoms with Crippen molar-refractivity contribution in [3.63, 3.8) is 0 Å². The number of hydrogen-bond donors (Lipinski definition) is 1. The van der Waals surface area contributed by atoms with Crippen molar-refractivity contribution < 1.29 is 33.7 Å². The van der Waals surface area contributed by atoms with E-state index in [0.717, 1.165) is 44.4 Å². The zero-order chi connectivity index (χ0) is 31.6. The van der Waals surface area contributed by atoms with Crippen LogP contribution >= 0.6 is 0 Å². The first-order valence-electron chi connectivity index (χ1n) is 16.8. The van der Waals surface area contributed by atoms with E-state index < -0.39 is 35.2 Å². The van der Waals surface area contributed by atoms with Crippen LogP contribution in [-0.2, 0) is 23.8 Å². The number of ether oxygens (including phenoxy) is 3. The summed E-state index contributed by atoms with van der Waals surface area (Å²) in [5.41, 5.74) is -1.20. The highest BCUT2D eigenvalue weighted by Gasteiger charge is 2.41. The molecule has 0 aromatic rings. The predicted octanol–water partition coefficient (Wildman–Crippen LogP) is 7.98. The number of aliphatic hydroxyl groups is 1. The molecule has 0 aliphatic carbocycles. The molecule has 1 fully saturated rings. The Morgan fingerprint density at radius 1 is 0.786 bits per heavy atom. The number of unbranched alkanes of at least 4 members (excludes halogenated alkanes) is 7. The fourth-order valence-corrected chi connectivity index (χ4v) is 5.48. The van der Waals surface area contributed by atoms with Crippen molar-refractivity contribution in [2.75, 3.05) is 19.8 Å². The summed E-state index contributed by atoms with van der Waals surface area (Å²) in [6, 6.07) is -0.824. The standard InChI is InChI=1S/C34H63NO7/c1-8-10-14-19-27(20-15-11-9-2)21-18-24-41-31(38)34(6,7)22-16-12-13-17-23-40-30(37)29-25-28(36)26-35(29)32(39)42-33(3,4)5/h27-29,36H,8-26H2,1-7H3/t28-,29+/m1/s1. The van der Waals surface area contributed by atoms with E-state index in [-0.39, 0.29) is 25.5 Å². The van der Waals surface area contributed by atoms with Crippen molar-refractivity contribution in [1.29, 1.82) is 0 Å². The van der Waals surface area contributed by atoms with Crippen molar-refractivity contribution in [3.8, 4) is 0 Å². The van der Waals surface area contributed by atoms with Crippen LogP contribution in [0.2, 0.25) is 0 Å². The summed E-state index contributed by atoms with van der Waals surface area (Å²) in [4.78, 5) is 39.0. The Morgan fingerprint density at radius 3 is 1.95 bits per heavy atom. The Balaban J connectivity index is 2.26. The van der Waals surface area contributed by atoms with E-state index in [1.165, 1.54) is 56.3 Å². The fraction of sp³-hybridized carbons (Fsp3) is 0.912. The summed E-state index contributed by atoms with van der Waals surface area (Å²) in [6.07, 6.45) is 15.3. The SMILES string of the molecule is CCCCCC(CCCCC)CCCOC(=O)C(C)(C)CCCCCCOC(=O)[C@@H]1C[C@@H](O)CN1C(=O)OC(C)(C)C. The molecule has 1 heterocycles. The molecule has 0 aromatic heterocycles. The smallest absolute Gasteiger partial charge is 0.411 e. The van der Waals surface area contributed by atoms with Crippen molar-refractivity contribution in [1.82, 2.24) is 4.90 Å². The number of carbonyl (C=O) groups is 3. The van der Waals surface area contributed by atoms with Gasteiger partial charge in [0.25, 0.3) is 0 Å². The molecule has 1 N–H and O–H groups in total. The monoisotopic (exact) mass is 597 g/mol. The van der Waals surface area contributed by atoms with Crippen LogP contribution in [0.25, 0.3) is 0 Å². The van der Waals surface area contributed by atoms with Gasteiger partial charge in [-0.3, -0.25) is 9.69 Å². The van der Waals surface area contributed by atoms with Crippen LogP contribution in [0, 0.1) is 11.3 Å². The second kappa shape index (κ2) is 20.2. The number of hydrogen-bond acceptors (Lipinski definition) is 7. The van der Waals surface area contributed by atoms with Gasteiger partial charge in [-0.2, -0.15) is 0 Å². The predicted molar refractivity (Wildman–Crippen MR) is 167 cm³/mol. The first-order chi connectivity index (χ1) is 19.8. The minimum atomic E-state index is -0.824. The normalized spacial score (nSPS) is 17.5. The van der Waals surface area contributed by atoms with Gasteiger partial charge in [-0.05, 0) is 66.2 Å². The quantitative estimate of drug-likeness (QED) is 0.0813. The second-order valence-electron chi connectivity index (χ2n) is 13.9. The Morgan fingerprint density at radius 2 is 1.36 bits per heavy atom. The van der Waals surface area contributed by atoms with Gasteiger partial charge >= 0.3 is 18.0 Å². The summed E-state index contributed by atoms with van der Waals surface area (Å²) in [5.74, 6) is 0.135. The molecule has 1 saturated heterocycles. The van der Waals surface area contributed by atoms with Crippen LogP contribution in [-0.4, -0.2) is 65.5 Å². The van der Waals surface area contributed by atoms with Crippen LogP contribution in [0.4, 0.5) is 4.79 Å². The highest BCUT2D eigenvalue weighted by atomic mass is 16.6. The summed E-state index contributed by atoms with van der Waals surface area (Å²) >= 11 is 0. The Kier molecular flexibility index (Phi) is 18.4. The number of nitrogens with zero attached hydrogens (tertiary/aromatic N) is 1. The van der Waals surface area contributed by atoms with Gasteiger partial charge in [0.2, 0.25) is 0 Å². The van der Waals surface area contributed by atoms with E-state index in [4.69, 9.17) is 14.2 Å². The number of likely N-dealkylation sites (tertiary alicyclic amines) is 1. The zero-order valence-electron chi connectivity index (χ0n) is 28.0. The Labute approximate surface area is 256 Å². The Bertz CT molecular complexity index is 766. The third-order valence-electron chi connectivity index (χ3n) is 8.09. The summed E-state index contributed by atoms with van der Waals surface area (Å²) in [5, 5.41) is 10.0.